The van der Waals surface area contributed by atoms with Crippen LogP contribution < -0.4 is 14.8 Å². The Kier molecular flexibility index (Phi) is 6.77. The molecule has 0 aromatic heterocycles. The van der Waals surface area contributed by atoms with E-state index in [-0.39, 0.29) is 0 Å². The number of hydrogen-bond acceptors (Lipinski definition) is 3. The van der Waals surface area contributed by atoms with Crippen LogP contribution in [0.4, 0.5) is 5.69 Å². The van der Waals surface area contributed by atoms with E-state index in [2.05, 4.69) is 59.7 Å². The fraction of sp³-hybridized carbons (Fsp3) is 0.571. The molecule has 1 aromatic carbocycles. The van der Waals surface area contributed by atoms with Gasteiger partial charge in [-0.05, 0) is 63.8 Å². The van der Waals surface area contributed by atoms with Gasteiger partial charge in [0.1, 0.15) is 6.54 Å². The minimum atomic E-state index is 0.699. The molecular formula is C28H38N3S+. The zero-order valence-electron chi connectivity index (χ0n) is 19.9. The summed E-state index contributed by atoms with van der Waals surface area (Å²) in [4.78, 5) is 8.97. The maximum absolute atomic E-state index is 5.03. The van der Waals surface area contributed by atoms with Crippen molar-refractivity contribution in [3.05, 3.63) is 41.8 Å². The van der Waals surface area contributed by atoms with Crippen LogP contribution in [0, 0.1) is 0 Å². The quantitative estimate of drug-likeness (QED) is 0.320. The lowest BCUT2D eigenvalue weighted by Gasteiger charge is -2.35. The second kappa shape index (κ2) is 9.91. The highest BCUT2D eigenvalue weighted by Crippen LogP contribution is 2.34. The van der Waals surface area contributed by atoms with Crippen molar-refractivity contribution in [1.82, 2.24) is 9.56 Å². The van der Waals surface area contributed by atoms with Crippen LogP contribution in [0.2, 0.25) is 0 Å². The summed E-state index contributed by atoms with van der Waals surface area (Å²) in [5.74, 6) is 0. The van der Waals surface area contributed by atoms with Gasteiger partial charge in [-0.15, -0.1) is 11.3 Å². The van der Waals surface area contributed by atoms with E-state index in [9.17, 15) is 0 Å². The molecule has 0 atom stereocenters. The predicted molar refractivity (Wildman–Crippen MR) is 139 cm³/mol. The molecule has 4 aliphatic rings. The van der Waals surface area contributed by atoms with Crippen LogP contribution in [0.1, 0.15) is 78.1 Å². The monoisotopic (exact) mass is 448 g/mol. The average molecular weight is 449 g/mol. The number of rotatable bonds is 5. The van der Waals surface area contributed by atoms with Gasteiger partial charge in [-0.2, -0.15) is 0 Å². The van der Waals surface area contributed by atoms with Gasteiger partial charge in [0.15, 0.2) is 6.04 Å². The Morgan fingerprint density at radius 3 is 2.38 bits per heavy atom. The first kappa shape index (κ1) is 21.9. The van der Waals surface area contributed by atoms with Crippen LogP contribution >= 0.6 is 11.3 Å². The van der Waals surface area contributed by atoms with Gasteiger partial charge >= 0.3 is 0 Å². The average Bonchev–Trinajstić information content (AvgIpc) is 2.85. The molecule has 2 fully saturated rings. The number of anilines is 1. The highest BCUT2D eigenvalue weighted by atomic mass is 32.1. The molecule has 0 N–H and O–H groups in total. The van der Waals surface area contributed by atoms with Gasteiger partial charge in [0.2, 0.25) is 5.36 Å². The largest absolute Gasteiger partial charge is 0.369 e. The number of aromatic nitrogens is 1. The molecule has 0 unspecified atom stereocenters. The maximum Gasteiger partial charge on any atom is 0.201 e. The minimum absolute atomic E-state index is 0.699. The minimum Gasteiger partial charge on any atom is -0.369 e. The number of benzene rings is 2. The van der Waals surface area contributed by atoms with Gasteiger partial charge in [0.05, 0.1) is 20.8 Å². The Morgan fingerprint density at radius 2 is 1.66 bits per heavy atom. The Morgan fingerprint density at radius 1 is 0.906 bits per heavy atom. The summed E-state index contributed by atoms with van der Waals surface area (Å²) in [6.45, 7) is 6.77. The van der Waals surface area contributed by atoms with E-state index in [1.807, 2.05) is 11.3 Å². The Balaban J connectivity index is 1.55. The third-order valence-corrected chi connectivity index (χ3v) is 8.82. The summed E-state index contributed by atoms with van der Waals surface area (Å²) in [6, 6.07) is 15.3. The van der Waals surface area contributed by atoms with Gasteiger partial charge in [-0.1, -0.05) is 25.7 Å². The molecule has 1 aromatic rings. The van der Waals surface area contributed by atoms with E-state index in [1.165, 1.54) is 84.8 Å². The van der Waals surface area contributed by atoms with Gasteiger partial charge in [-0.3, -0.25) is 0 Å². The zero-order valence-corrected chi connectivity index (χ0v) is 20.7. The summed E-state index contributed by atoms with van der Waals surface area (Å²) in [5, 5.41) is 1.37. The van der Waals surface area contributed by atoms with Crippen LogP contribution in [0.25, 0.3) is 20.8 Å². The summed E-state index contributed by atoms with van der Waals surface area (Å²) < 4.78 is 3.94. The van der Waals surface area contributed by atoms with Crippen molar-refractivity contribution in [2.75, 3.05) is 18.0 Å². The third kappa shape index (κ3) is 4.44. The van der Waals surface area contributed by atoms with Gasteiger partial charge in [-0.25, -0.2) is 9.56 Å². The fourth-order valence-corrected chi connectivity index (χ4v) is 7.08. The Hall–Kier alpha value is -1.94. The van der Waals surface area contributed by atoms with E-state index in [4.69, 9.17) is 4.98 Å². The van der Waals surface area contributed by atoms with Gasteiger partial charge in [0, 0.05) is 43.2 Å². The smallest absolute Gasteiger partial charge is 0.201 e. The van der Waals surface area contributed by atoms with Crippen LogP contribution in [0.3, 0.4) is 0 Å². The fourth-order valence-electron chi connectivity index (χ4n) is 6.05. The molecule has 170 valence electrons. The molecule has 3 aliphatic carbocycles. The number of fused-ring (bicyclic) bond motifs is 2. The highest BCUT2D eigenvalue weighted by molar-refractivity contribution is 7.21. The Labute approximate surface area is 197 Å². The summed E-state index contributed by atoms with van der Waals surface area (Å²) in [7, 11) is 0. The Bertz CT molecular complexity index is 1090. The molecule has 32 heavy (non-hydrogen) atoms. The SMILES string of the molecule is CCN(c1ccc2nc3ccc(=[N+](CC)C4CCCCC4)cc-3sc2c1)C1CCCCC1. The normalized spacial score (nSPS) is 19.4. The van der Waals surface area contributed by atoms with Crippen LogP contribution in [0.15, 0.2) is 36.4 Å². The molecule has 0 radical (unpaired) electrons. The number of hydrogen-bond donors (Lipinski definition) is 0. The van der Waals surface area contributed by atoms with E-state index in [0.29, 0.717) is 12.1 Å². The van der Waals surface area contributed by atoms with Crippen molar-refractivity contribution in [2.24, 2.45) is 0 Å². The molecule has 0 spiro atoms. The number of nitrogens with zero attached hydrogens (tertiary/aromatic N) is 3. The lowest BCUT2D eigenvalue weighted by Crippen LogP contribution is -2.40. The van der Waals surface area contributed by atoms with E-state index >= 15 is 0 Å². The van der Waals surface area contributed by atoms with Crippen molar-refractivity contribution < 1.29 is 0 Å². The lowest BCUT2D eigenvalue weighted by atomic mass is 9.94. The predicted octanol–water partition coefficient (Wildman–Crippen LogP) is 6.68. The third-order valence-electron chi connectivity index (χ3n) is 7.72. The summed E-state index contributed by atoms with van der Waals surface area (Å²) >= 11 is 1.91. The molecule has 0 saturated heterocycles. The zero-order chi connectivity index (χ0) is 21.9. The van der Waals surface area contributed by atoms with Gasteiger partial charge < -0.3 is 4.90 Å². The molecule has 5 rings (SSSR count). The first-order valence-corrected chi connectivity index (χ1v) is 13.8. The van der Waals surface area contributed by atoms with Crippen molar-refractivity contribution in [2.45, 2.75) is 90.1 Å². The molecule has 0 amide bonds. The molecule has 2 saturated carbocycles. The van der Waals surface area contributed by atoms with Crippen molar-refractivity contribution in [3.63, 3.8) is 0 Å². The van der Waals surface area contributed by atoms with Crippen molar-refractivity contribution in [1.29, 1.82) is 0 Å². The van der Waals surface area contributed by atoms with Crippen LogP contribution in [-0.4, -0.2) is 30.2 Å². The van der Waals surface area contributed by atoms with Crippen molar-refractivity contribution in [3.8, 4) is 10.6 Å². The molecule has 1 heterocycles. The molecule has 4 heteroatoms. The molecule has 1 aliphatic heterocycles. The first-order valence-electron chi connectivity index (χ1n) is 13.0. The second-order valence-electron chi connectivity index (χ2n) is 9.67. The first-order chi connectivity index (χ1) is 15.8. The topological polar surface area (TPSA) is 19.1 Å². The highest BCUT2D eigenvalue weighted by Gasteiger charge is 2.24. The standard InChI is InChI=1S/C28H38N3S/c1-3-30(21-11-7-5-8-12-21)23-15-17-25-27(19-23)32-28-20-24(16-18-26(28)29-25)31(4-2)22-13-9-6-10-14-22/h15-22H,3-14H2,1-2H3/q+1. The molecular weight excluding hydrogens is 410 g/mol. The van der Waals surface area contributed by atoms with E-state index in [0.717, 1.165) is 24.3 Å². The van der Waals surface area contributed by atoms with Crippen LogP contribution in [-0.2, 0) is 0 Å². The van der Waals surface area contributed by atoms with Crippen LogP contribution in [0.5, 0.6) is 0 Å². The van der Waals surface area contributed by atoms with Gasteiger partial charge in [0.25, 0.3) is 0 Å². The lowest BCUT2D eigenvalue weighted by molar-refractivity contribution is 0.336. The second-order valence-corrected chi connectivity index (χ2v) is 10.8. The van der Waals surface area contributed by atoms with E-state index in [1.54, 1.807) is 0 Å². The van der Waals surface area contributed by atoms with E-state index < -0.39 is 0 Å². The summed E-state index contributed by atoms with van der Waals surface area (Å²) in [5.41, 5.74) is 3.62. The molecule has 0 bridgehead atoms. The van der Waals surface area contributed by atoms with Crippen molar-refractivity contribution >= 4 is 27.2 Å². The molecule has 3 nitrogen and oxygen atoms in total. The maximum atomic E-state index is 5.03. The summed E-state index contributed by atoms with van der Waals surface area (Å²) in [6.07, 6.45) is 13.7.